The molecule has 0 aromatic carbocycles. The van der Waals surface area contributed by atoms with E-state index in [4.69, 9.17) is 4.74 Å². The van der Waals surface area contributed by atoms with Gasteiger partial charge in [-0.05, 0) is 43.4 Å². The molecule has 1 N–H and O–H groups in total. The van der Waals surface area contributed by atoms with Crippen LogP contribution in [-0.4, -0.2) is 24.8 Å². The highest BCUT2D eigenvalue weighted by Crippen LogP contribution is 2.43. The first-order valence-electron chi connectivity index (χ1n) is 8.46. The van der Waals surface area contributed by atoms with E-state index in [1.807, 2.05) is 0 Å². The summed E-state index contributed by atoms with van der Waals surface area (Å²) in [6, 6.07) is 0. The van der Waals surface area contributed by atoms with E-state index in [1.54, 1.807) is 0 Å². The molecule has 1 saturated heterocycles. The normalized spacial score (nSPS) is 34.7. The molecular formula is C17H31NO. The van der Waals surface area contributed by atoms with E-state index in [0.717, 1.165) is 19.0 Å². The van der Waals surface area contributed by atoms with E-state index in [1.165, 1.54) is 57.8 Å². The van der Waals surface area contributed by atoms with Crippen molar-refractivity contribution >= 4 is 0 Å². The Balaban J connectivity index is 1.55. The second-order valence-corrected chi connectivity index (χ2v) is 8.10. The number of hydrogen-bond acceptors (Lipinski definition) is 2. The molecule has 1 aliphatic heterocycles. The number of hydrogen-bond donors (Lipinski definition) is 1. The maximum Gasteiger partial charge on any atom is 0.0811 e. The molecule has 2 nitrogen and oxygen atoms in total. The van der Waals surface area contributed by atoms with Gasteiger partial charge in [-0.3, -0.25) is 0 Å². The molecule has 110 valence electrons. The maximum atomic E-state index is 6.61. The lowest BCUT2D eigenvalue weighted by atomic mass is 9.70. The molecule has 0 bridgehead atoms. The summed E-state index contributed by atoms with van der Waals surface area (Å²) in [4.78, 5) is 0. The smallest absolute Gasteiger partial charge is 0.0811 e. The van der Waals surface area contributed by atoms with E-state index < -0.39 is 0 Å². The third kappa shape index (κ3) is 3.33. The van der Waals surface area contributed by atoms with Crippen LogP contribution in [0, 0.1) is 11.3 Å². The number of nitrogens with one attached hydrogen (secondary N) is 1. The molecule has 0 aromatic rings. The van der Waals surface area contributed by atoms with Gasteiger partial charge in [0.1, 0.15) is 0 Å². The van der Waals surface area contributed by atoms with Crippen molar-refractivity contribution in [1.29, 1.82) is 0 Å². The molecule has 2 saturated carbocycles. The standard InChI is InChI=1S/C17H31NO/c1-16(2)7-9-17(10-8-16)13-18-12-15(19-17)11-14-5-3-4-6-14/h14-15,18H,3-13H2,1-2H3. The fraction of sp³-hybridized carbons (Fsp3) is 1.00. The summed E-state index contributed by atoms with van der Waals surface area (Å²) in [6.45, 7) is 6.99. The van der Waals surface area contributed by atoms with Gasteiger partial charge in [0.25, 0.3) is 0 Å². The highest BCUT2D eigenvalue weighted by Gasteiger charge is 2.42. The lowest BCUT2D eigenvalue weighted by Gasteiger charge is -2.48. The van der Waals surface area contributed by atoms with Gasteiger partial charge in [-0.15, -0.1) is 0 Å². The Morgan fingerprint density at radius 3 is 2.42 bits per heavy atom. The topological polar surface area (TPSA) is 21.3 Å². The molecule has 2 aliphatic carbocycles. The van der Waals surface area contributed by atoms with Gasteiger partial charge in [-0.2, -0.15) is 0 Å². The Morgan fingerprint density at radius 1 is 1.05 bits per heavy atom. The number of morpholine rings is 1. The van der Waals surface area contributed by atoms with Crippen molar-refractivity contribution in [2.45, 2.75) is 83.3 Å². The molecule has 2 heteroatoms. The second kappa shape index (κ2) is 5.37. The lowest BCUT2D eigenvalue weighted by molar-refractivity contribution is -0.149. The highest BCUT2D eigenvalue weighted by atomic mass is 16.5. The van der Waals surface area contributed by atoms with Crippen LogP contribution < -0.4 is 5.32 Å². The summed E-state index contributed by atoms with van der Waals surface area (Å²) >= 11 is 0. The SMILES string of the molecule is CC1(C)CCC2(CC1)CNCC(CC1CCCC1)O2. The zero-order valence-corrected chi connectivity index (χ0v) is 12.8. The van der Waals surface area contributed by atoms with Crippen molar-refractivity contribution in [3.8, 4) is 0 Å². The van der Waals surface area contributed by atoms with Gasteiger partial charge in [0.2, 0.25) is 0 Å². The summed E-state index contributed by atoms with van der Waals surface area (Å²) in [5.74, 6) is 0.946. The molecule has 0 aromatic heterocycles. The Hall–Kier alpha value is -0.0800. The van der Waals surface area contributed by atoms with Crippen LogP contribution in [0.2, 0.25) is 0 Å². The Bertz CT molecular complexity index is 296. The largest absolute Gasteiger partial charge is 0.369 e. The quantitative estimate of drug-likeness (QED) is 0.818. The van der Waals surface area contributed by atoms with Gasteiger partial charge < -0.3 is 10.1 Å². The van der Waals surface area contributed by atoms with Crippen LogP contribution in [0.15, 0.2) is 0 Å². The average molecular weight is 265 g/mol. The van der Waals surface area contributed by atoms with E-state index in [-0.39, 0.29) is 5.60 Å². The minimum absolute atomic E-state index is 0.178. The first-order valence-corrected chi connectivity index (χ1v) is 8.46. The van der Waals surface area contributed by atoms with Crippen molar-refractivity contribution in [3.05, 3.63) is 0 Å². The summed E-state index contributed by atoms with van der Waals surface area (Å²) in [5, 5.41) is 3.67. The van der Waals surface area contributed by atoms with Crippen LogP contribution in [0.1, 0.15) is 71.6 Å². The highest BCUT2D eigenvalue weighted by molar-refractivity contribution is 4.96. The molecule has 19 heavy (non-hydrogen) atoms. The van der Waals surface area contributed by atoms with Crippen LogP contribution in [0.25, 0.3) is 0 Å². The van der Waals surface area contributed by atoms with Crippen molar-refractivity contribution in [1.82, 2.24) is 5.32 Å². The van der Waals surface area contributed by atoms with E-state index in [9.17, 15) is 0 Å². The Labute approximate surface area is 118 Å². The Morgan fingerprint density at radius 2 is 1.74 bits per heavy atom. The molecule has 1 atom stereocenters. The van der Waals surface area contributed by atoms with Gasteiger partial charge in [-0.1, -0.05) is 39.5 Å². The summed E-state index contributed by atoms with van der Waals surface area (Å²) in [5.41, 5.74) is 0.712. The molecule has 0 amide bonds. The molecule has 3 rings (SSSR count). The Kier molecular flexibility index (Phi) is 3.92. The van der Waals surface area contributed by atoms with Crippen LogP contribution >= 0.6 is 0 Å². The lowest BCUT2D eigenvalue weighted by Crippen LogP contribution is -2.56. The van der Waals surface area contributed by atoms with Gasteiger partial charge >= 0.3 is 0 Å². The van der Waals surface area contributed by atoms with Gasteiger partial charge in [0.05, 0.1) is 11.7 Å². The zero-order chi connectivity index (χ0) is 13.3. The fourth-order valence-electron chi connectivity index (χ4n) is 4.32. The van der Waals surface area contributed by atoms with Crippen LogP contribution in [0.4, 0.5) is 0 Å². The number of ether oxygens (including phenoxy) is 1. The summed E-state index contributed by atoms with van der Waals surface area (Å²) in [6.07, 6.45) is 12.7. The zero-order valence-electron chi connectivity index (χ0n) is 12.8. The maximum absolute atomic E-state index is 6.61. The minimum atomic E-state index is 0.178. The van der Waals surface area contributed by atoms with Crippen LogP contribution in [0.3, 0.4) is 0 Å². The van der Waals surface area contributed by atoms with Gasteiger partial charge in [0.15, 0.2) is 0 Å². The summed E-state index contributed by atoms with van der Waals surface area (Å²) in [7, 11) is 0. The van der Waals surface area contributed by atoms with Crippen LogP contribution in [-0.2, 0) is 4.74 Å². The van der Waals surface area contributed by atoms with E-state index >= 15 is 0 Å². The van der Waals surface area contributed by atoms with Gasteiger partial charge in [-0.25, -0.2) is 0 Å². The second-order valence-electron chi connectivity index (χ2n) is 8.10. The molecule has 1 unspecified atom stereocenters. The monoisotopic (exact) mass is 265 g/mol. The molecular weight excluding hydrogens is 234 g/mol. The van der Waals surface area contributed by atoms with Crippen molar-refractivity contribution in [3.63, 3.8) is 0 Å². The molecule has 3 fully saturated rings. The predicted octanol–water partition coefficient (Wildman–Crippen LogP) is 3.89. The first kappa shape index (κ1) is 13.9. The third-order valence-electron chi connectivity index (χ3n) is 5.82. The first-order chi connectivity index (χ1) is 9.07. The molecule has 0 radical (unpaired) electrons. The molecule has 1 spiro atoms. The third-order valence-corrected chi connectivity index (χ3v) is 5.82. The minimum Gasteiger partial charge on any atom is -0.369 e. The summed E-state index contributed by atoms with van der Waals surface area (Å²) < 4.78 is 6.61. The number of rotatable bonds is 2. The molecule has 3 aliphatic rings. The fourth-order valence-corrected chi connectivity index (χ4v) is 4.32. The van der Waals surface area contributed by atoms with Crippen molar-refractivity contribution < 1.29 is 4.74 Å². The van der Waals surface area contributed by atoms with Crippen molar-refractivity contribution in [2.75, 3.05) is 13.1 Å². The van der Waals surface area contributed by atoms with Crippen molar-refractivity contribution in [2.24, 2.45) is 11.3 Å². The molecule has 1 heterocycles. The van der Waals surface area contributed by atoms with Gasteiger partial charge in [0, 0.05) is 13.1 Å². The van der Waals surface area contributed by atoms with Crippen LogP contribution in [0.5, 0.6) is 0 Å². The van der Waals surface area contributed by atoms with E-state index in [2.05, 4.69) is 19.2 Å². The average Bonchev–Trinajstić information content (AvgIpc) is 2.87. The van der Waals surface area contributed by atoms with E-state index in [0.29, 0.717) is 11.5 Å². The predicted molar refractivity (Wildman–Crippen MR) is 79.3 cm³/mol.